The number of nitrogens with two attached hydrogens (primary N) is 1. The molecule has 3 rings (SSSR count). The Morgan fingerprint density at radius 3 is 2.34 bits per heavy atom. The number of aromatic amines is 1. The summed E-state index contributed by atoms with van der Waals surface area (Å²) in [5, 5.41) is 4.07. The van der Waals surface area contributed by atoms with E-state index < -0.39 is 0 Å². The maximum absolute atomic E-state index is 8.58. The van der Waals surface area contributed by atoms with Gasteiger partial charge in [-0.1, -0.05) is 67.6 Å². The van der Waals surface area contributed by atoms with Crippen LogP contribution in [0.5, 0.6) is 0 Å². The molecule has 0 aliphatic rings. The summed E-state index contributed by atoms with van der Waals surface area (Å²) in [6, 6.07) is 6.70. The van der Waals surface area contributed by atoms with Gasteiger partial charge in [0.25, 0.3) is 0 Å². The van der Waals surface area contributed by atoms with Gasteiger partial charge < -0.3 is 15.2 Å². The first-order valence-corrected chi connectivity index (χ1v) is 13.9. The van der Waals surface area contributed by atoms with E-state index in [1.165, 1.54) is 65.5 Å². The van der Waals surface area contributed by atoms with Crippen LogP contribution in [-0.2, 0) is 24.1 Å². The average molecular weight is 519 g/mol. The quantitative estimate of drug-likeness (QED) is 0.137. The van der Waals surface area contributed by atoms with Crippen molar-refractivity contribution in [2.45, 2.75) is 99.3 Å². The summed E-state index contributed by atoms with van der Waals surface area (Å²) >= 11 is 0. The lowest BCUT2D eigenvalue weighted by Crippen LogP contribution is -1.94. The molecule has 3 N–H and O–H groups in total. The van der Waals surface area contributed by atoms with Gasteiger partial charge in [0.05, 0.1) is 17.6 Å². The van der Waals surface area contributed by atoms with Crippen LogP contribution >= 0.6 is 0 Å². The number of hydrogen-bond donors (Lipinski definition) is 2. The number of nitrogens with zero attached hydrogens (tertiary/aromatic N) is 2. The van der Waals surface area contributed by atoms with Crippen LogP contribution in [0.15, 0.2) is 46.1 Å². The molecule has 2 heterocycles. The molecule has 0 fully saturated rings. The van der Waals surface area contributed by atoms with Gasteiger partial charge in [-0.3, -0.25) is 4.79 Å². The van der Waals surface area contributed by atoms with Gasteiger partial charge in [0.1, 0.15) is 11.6 Å². The van der Waals surface area contributed by atoms with Crippen LogP contribution in [0.1, 0.15) is 100 Å². The zero-order valence-corrected chi connectivity index (χ0v) is 24.2. The molecule has 2 aromatic heterocycles. The molecule has 6 heteroatoms. The summed E-state index contributed by atoms with van der Waals surface area (Å²) in [7, 11) is 0. The summed E-state index contributed by atoms with van der Waals surface area (Å²) in [5.74, 6) is 1.99. The van der Waals surface area contributed by atoms with E-state index >= 15 is 0 Å². The van der Waals surface area contributed by atoms with E-state index in [9.17, 15) is 0 Å². The van der Waals surface area contributed by atoms with E-state index in [1.54, 1.807) is 0 Å². The standard InChI is InChI=1S/C31H43N3O.CH3NO/c1-7-22(3)23(4)16-17-27-20-29(26(8-2)18-24(27)5)30-21-32-31(33-30)15-13-11-9-10-12-14-28-19-25(6)35-34-28;2-1-3/h16-21H,7-15H2,1-6H3,(H,32,33);1H,(H2,2,3)/b17-16-,23-22?;. The van der Waals surface area contributed by atoms with Crippen molar-refractivity contribution in [2.75, 3.05) is 0 Å². The third-order valence-electron chi connectivity index (χ3n) is 7.03. The van der Waals surface area contributed by atoms with Crippen molar-refractivity contribution in [3.8, 4) is 11.3 Å². The molecule has 0 radical (unpaired) electrons. The molecule has 6 nitrogen and oxygen atoms in total. The molecule has 0 saturated heterocycles. The highest BCUT2D eigenvalue weighted by Gasteiger charge is 2.10. The maximum Gasteiger partial charge on any atom is 0.204 e. The summed E-state index contributed by atoms with van der Waals surface area (Å²) in [5.41, 5.74) is 14.4. The van der Waals surface area contributed by atoms with Crippen molar-refractivity contribution in [2.24, 2.45) is 5.73 Å². The van der Waals surface area contributed by atoms with E-state index in [4.69, 9.17) is 14.3 Å². The van der Waals surface area contributed by atoms with E-state index in [2.05, 4.69) is 74.8 Å². The minimum Gasteiger partial charge on any atom is -0.372 e. The highest BCUT2D eigenvalue weighted by molar-refractivity contribution is 5.70. The fourth-order valence-corrected chi connectivity index (χ4v) is 4.43. The van der Waals surface area contributed by atoms with Gasteiger partial charge in [-0.25, -0.2) is 4.98 Å². The van der Waals surface area contributed by atoms with E-state index in [1.807, 2.05) is 19.2 Å². The van der Waals surface area contributed by atoms with E-state index in [0.29, 0.717) is 0 Å². The Kier molecular flexibility index (Phi) is 13.3. The van der Waals surface area contributed by atoms with Gasteiger partial charge in [-0.05, 0) is 82.6 Å². The number of unbranched alkanes of at least 4 members (excludes halogenated alkanes) is 4. The van der Waals surface area contributed by atoms with Crippen molar-refractivity contribution in [3.05, 3.63) is 75.6 Å². The molecule has 38 heavy (non-hydrogen) atoms. The molecule has 3 aromatic rings. The number of aromatic nitrogens is 3. The Labute approximate surface area is 228 Å². The number of amides is 1. The number of nitrogens with one attached hydrogen (secondary N) is 1. The number of aryl methyl sites for hydroxylation is 5. The van der Waals surface area contributed by atoms with Gasteiger partial charge >= 0.3 is 0 Å². The molecular formula is C32H46N4O2. The van der Waals surface area contributed by atoms with Crippen LogP contribution < -0.4 is 5.73 Å². The molecule has 0 atom stereocenters. The van der Waals surface area contributed by atoms with Crippen LogP contribution in [0.3, 0.4) is 0 Å². The topological polar surface area (TPSA) is 97.8 Å². The molecule has 1 aromatic carbocycles. The fourth-order valence-electron chi connectivity index (χ4n) is 4.43. The number of benzene rings is 1. The third kappa shape index (κ3) is 9.81. The number of carbonyl (C=O) groups excluding carboxylic acids is 1. The first kappa shape index (κ1) is 30.8. The maximum atomic E-state index is 8.58. The largest absolute Gasteiger partial charge is 0.372 e. The highest BCUT2D eigenvalue weighted by Crippen LogP contribution is 2.28. The normalized spacial score (nSPS) is 11.8. The minimum absolute atomic E-state index is 0.250. The van der Waals surface area contributed by atoms with Crippen LogP contribution in [0.4, 0.5) is 0 Å². The number of primary amides is 1. The average Bonchev–Trinajstić information content (AvgIpc) is 3.55. The molecule has 1 amide bonds. The summed E-state index contributed by atoms with van der Waals surface area (Å²) in [4.78, 5) is 16.9. The number of allylic oxidation sites excluding steroid dienone is 3. The van der Waals surface area contributed by atoms with Gasteiger partial charge in [-0.2, -0.15) is 0 Å². The number of rotatable bonds is 13. The van der Waals surface area contributed by atoms with E-state index in [0.717, 1.165) is 48.7 Å². The van der Waals surface area contributed by atoms with Crippen LogP contribution in [0.2, 0.25) is 0 Å². The van der Waals surface area contributed by atoms with Gasteiger partial charge in [-0.15, -0.1) is 0 Å². The minimum atomic E-state index is 0.250. The van der Waals surface area contributed by atoms with Crippen LogP contribution in [0, 0.1) is 13.8 Å². The van der Waals surface area contributed by atoms with Gasteiger partial charge in [0.15, 0.2) is 0 Å². The Hall–Kier alpha value is -3.41. The molecule has 0 bridgehead atoms. The molecule has 206 valence electrons. The molecular weight excluding hydrogens is 472 g/mol. The zero-order chi connectivity index (χ0) is 27.9. The highest BCUT2D eigenvalue weighted by atomic mass is 16.5. The second-order valence-corrected chi connectivity index (χ2v) is 9.95. The van der Waals surface area contributed by atoms with Crippen molar-refractivity contribution in [1.29, 1.82) is 0 Å². The number of carbonyl (C=O) groups is 1. The smallest absolute Gasteiger partial charge is 0.204 e. The SMILES string of the molecule is CCC(C)=C(C)/C=C\c1cc(-c2cnc(CCCCCCCc3cc(C)on3)[nH]2)c(CC)cc1C.NC=O. The van der Waals surface area contributed by atoms with Gasteiger partial charge in [0, 0.05) is 18.1 Å². The first-order chi connectivity index (χ1) is 18.3. The molecule has 0 unspecified atom stereocenters. The Bertz CT molecular complexity index is 1200. The molecule has 0 saturated carbocycles. The van der Waals surface area contributed by atoms with Crippen molar-refractivity contribution in [3.63, 3.8) is 0 Å². The lowest BCUT2D eigenvalue weighted by atomic mass is 9.95. The van der Waals surface area contributed by atoms with Crippen molar-refractivity contribution in [1.82, 2.24) is 15.1 Å². The van der Waals surface area contributed by atoms with Crippen LogP contribution in [-0.4, -0.2) is 21.5 Å². The molecule has 0 aliphatic carbocycles. The number of imidazole rings is 1. The Balaban J connectivity index is 0.00000161. The first-order valence-electron chi connectivity index (χ1n) is 13.9. The predicted molar refractivity (Wildman–Crippen MR) is 158 cm³/mol. The number of H-pyrrole nitrogens is 1. The monoisotopic (exact) mass is 518 g/mol. The van der Waals surface area contributed by atoms with Crippen molar-refractivity contribution >= 4 is 12.5 Å². The van der Waals surface area contributed by atoms with Gasteiger partial charge in [0.2, 0.25) is 6.41 Å². The summed E-state index contributed by atoms with van der Waals surface area (Å²) < 4.78 is 5.14. The lowest BCUT2D eigenvalue weighted by molar-refractivity contribution is -0.106. The Morgan fingerprint density at radius 1 is 1.03 bits per heavy atom. The molecule has 0 aliphatic heterocycles. The second kappa shape index (κ2) is 16.4. The molecule has 0 spiro atoms. The fraction of sp³-hybridized carbons (Fsp3) is 0.469. The number of hydrogen-bond acceptors (Lipinski definition) is 4. The Morgan fingerprint density at radius 2 is 1.71 bits per heavy atom. The van der Waals surface area contributed by atoms with Crippen molar-refractivity contribution < 1.29 is 9.32 Å². The predicted octanol–water partition coefficient (Wildman–Crippen LogP) is 7.84. The lowest BCUT2D eigenvalue weighted by Gasteiger charge is -2.11. The van der Waals surface area contributed by atoms with E-state index in [-0.39, 0.29) is 6.41 Å². The second-order valence-electron chi connectivity index (χ2n) is 9.95. The zero-order valence-electron chi connectivity index (χ0n) is 24.2. The summed E-state index contributed by atoms with van der Waals surface area (Å²) in [6.45, 7) is 13.0. The third-order valence-corrected chi connectivity index (χ3v) is 7.03. The summed E-state index contributed by atoms with van der Waals surface area (Å²) in [6.07, 6.45) is 17.0. The van der Waals surface area contributed by atoms with Crippen LogP contribution in [0.25, 0.3) is 17.3 Å².